The minimum Gasteiger partial charge on any atom is -0.456 e. The van der Waals surface area contributed by atoms with Gasteiger partial charge in [0.25, 0.3) is 0 Å². The summed E-state index contributed by atoms with van der Waals surface area (Å²) in [6, 6.07) is 7.42. The van der Waals surface area contributed by atoms with Crippen molar-refractivity contribution in [2.45, 2.75) is 11.2 Å². The zero-order chi connectivity index (χ0) is 16.8. The molecule has 2 aromatic rings. The molecule has 0 saturated carbocycles. The molecule has 1 aliphatic heterocycles. The number of hydrogen-bond acceptors (Lipinski definition) is 3. The Morgan fingerprint density at radius 2 is 1.91 bits per heavy atom. The lowest BCUT2D eigenvalue weighted by molar-refractivity contribution is -0.137. The molecule has 0 aromatic heterocycles. The first-order valence-electron chi connectivity index (χ1n) is 6.29. The van der Waals surface area contributed by atoms with Crippen molar-refractivity contribution in [1.82, 2.24) is 0 Å². The standard InChI is InChI=1S/C15H7BrClF3O3/c16-13-10-6-8(2-3-9(10)14(21)23-13)22-12-4-1-7(5-11(12)17)15(18,19)20/h1-6,13H. The molecule has 3 rings (SSSR count). The Morgan fingerprint density at radius 3 is 2.57 bits per heavy atom. The number of fused-ring (bicyclic) bond motifs is 1. The fourth-order valence-corrected chi connectivity index (χ4v) is 2.85. The van der Waals surface area contributed by atoms with E-state index in [0.717, 1.165) is 18.2 Å². The van der Waals surface area contributed by atoms with E-state index in [9.17, 15) is 18.0 Å². The van der Waals surface area contributed by atoms with Gasteiger partial charge in [-0.2, -0.15) is 13.2 Å². The lowest BCUT2D eigenvalue weighted by Gasteiger charge is -2.11. The fraction of sp³-hybridized carbons (Fsp3) is 0.133. The number of carbonyl (C=O) groups is 1. The van der Waals surface area contributed by atoms with Crippen molar-refractivity contribution in [3.63, 3.8) is 0 Å². The van der Waals surface area contributed by atoms with Crippen LogP contribution in [0.25, 0.3) is 0 Å². The van der Waals surface area contributed by atoms with Crippen molar-refractivity contribution < 1.29 is 27.4 Å². The molecule has 1 unspecified atom stereocenters. The monoisotopic (exact) mass is 406 g/mol. The summed E-state index contributed by atoms with van der Waals surface area (Å²) in [5.41, 5.74) is 0.122. The molecule has 1 heterocycles. The number of esters is 1. The first-order valence-corrected chi connectivity index (χ1v) is 7.58. The maximum Gasteiger partial charge on any atom is 0.416 e. The molecule has 1 aliphatic rings. The first kappa shape index (κ1) is 16.1. The molecular formula is C15H7BrClF3O3. The van der Waals surface area contributed by atoms with Gasteiger partial charge in [0.1, 0.15) is 11.5 Å². The van der Waals surface area contributed by atoms with Crippen LogP contribution in [0.4, 0.5) is 13.2 Å². The van der Waals surface area contributed by atoms with Gasteiger partial charge in [0.15, 0.2) is 5.01 Å². The lowest BCUT2D eigenvalue weighted by atomic mass is 10.1. The van der Waals surface area contributed by atoms with Crippen LogP contribution in [0.1, 0.15) is 26.5 Å². The normalized spacial score (nSPS) is 16.9. The van der Waals surface area contributed by atoms with Gasteiger partial charge in [-0.15, -0.1) is 0 Å². The molecule has 0 spiro atoms. The maximum absolute atomic E-state index is 12.6. The van der Waals surface area contributed by atoms with Gasteiger partial charge in [-0.25, -0.2) is 4.79 Å². The van der Waals surface area contributed by atoms with Crippen molar-refractivity contribution in [3.05, 3.63) is 58.1 Å². The lowest BCUT2D eigenvalue weighted by Crippen LogP contribution is -2.04. The highest BCUT2D eigenvalue weighted by molar-refractivity contribution is 9.09. The van der Waals surface area contributed by atoms with Crippen molar-refractivity contribution in [2.24, 2.45) is 0 Å². The molecule has 0 radical (unpaired) electrons. The third-order valence-corrected chi connectivity index (χ3v) is 4.16. The third kappa shape index (κ3) is 3.16. The Bertz CT molecular complexity index is 792. The Hall–Kier alpha value is -1.73. The molecule has 3 nitrogen and oxygen atoms in total. The van der Waals surface area contributed by atoms with E-state index in [0.29, 0.717) is 16.9 Å². The fourth-order valence-electron chi connectivity index (χ4n) is 2.09. The number of carbonyl (C=O) groups excluding carboxylic acids is 1. The van der Waals surface area contributed by atoms with Crippen LogP contribution >= 0.6 is 27.5 Å². The summed E-state index contributed by atoms with van der Waals surface area (Å²) in [4.78, 5) is 11.5. The van der Waals surface area contributed by atoms with Crippen LogP contribution < -0.4 is 4.74 Å². The summed E-state index contributed by atoms with van der Waals surface area (Å²) in [7, 11) is 0. The van der Waals surface area contributed by atoms with E-state index in [-0.39, 0.29) is 10.8 Å². The average Bonchev–Trinajstić information content (AvgIpc) is 2.75. The van der Waals surface area contributed by atoms with Gasteiger partial charge >= 0.3 is 12.1 Å². The van der Waals surface area contributed by atoms with Crippen LogP contribution in [0.3, 0.4) is 0 Å². The number of benzene rings is 2. The van der Waals surface area contributed by atoms with Crippen LogP contribution in [0.15, 0.2) is 36.4 Å². The van der Waals surface area contributed by atoms with Gasteiger partial charge < -0.3 is 9.47 Å². The Labute approximate surface area is 142 Å². The van der Waals surface area contributed by atoms with E-state index >= 15 is 0 Å². The van der Waals surface area contributed by atoms with E-state index in [4.69, 9.17) is 21.1 Å². The maximum atomic E-state index is 12.6. The second kappa shape index (κ2) is 5.72. The SMILES string of the molecule is O=C1OC(Br)c2cc(Oc3ccc(C(F)(F)F)cc3Cl)ccc21. The van der Waals surface area contributed by atoms with Gasteiger partial charge in [-0.3, -0.25) is 0 Å². The number of halogens is 5. The summed E-state index contributed by atoms with van der Waals surface area (Å²) in [5.74, 6) is -0.0508. The zero-order valence-corrected chi connectivity index (χ0v) is 13.5. The number of ether oxygens (including phenoxy) is 2. The molecular weight excluding hydrogens is 401 g/mol. The third-order valence-electron chi connectivity index (χ3n) is 3.18. The van der Waals surface area contributed by atoms with Gasteiger partial charge in [-0.1, -0.05) is 11.6 Å². The molecule has 0 saturated heterocycles. The summed E-state index contributed by atoms with van der Waals surface area (Å²) in [5, 5.41) is -0.750. The van der Waals surface area contributed by atoms with Crippen LogP contribution in [-0.4, -0.2) is 5.97 Å². The molecule has 120 valence electrons. The zero-order valence-electron chi connectivity index (χ0n) is 11.2. The molecule has 0 fully saturated rings. The highest BCUT2D eigenvalue weighted by Gasteiger charge is 2.31. The summed E-state index contributed by atoms with van der Waals surface area (Å²) < 4.78 is 48.3. The van der Waals surface area contributed by atoms with E-state index in [1.54, 1.807) is 6.07 Å². The predicted octanol–water partition coefficient (Wildman–Crippen LogP) is 5.72. The van der Waals surface area contributed by atoms with Gasteiger partial charge in [0.05, 0.1) is 16.1 Å². The molecule has 23 heavy (non-hydrogen) atoms. The molecule has 0 N–H and O–H groups in total. The number of hydrogen-bond donors (Lipinski definition) is 0. The molecule has 1 atom stereocenters. The summed E-state index contributed by atoms with van der Waals surface area (Å²) in [6.07, 6.45) is -4.48. The first-order chi connectivity index (χ1) is 10.8. The van der Waals surface area contributed by atoms with Gasteiger partial charge in [-0.05, 0) is 52.3 Å². The van der Waals surface area contributed by atoms with E-state index < -0.39 is 22.7 Å². The van der Waals surface area contributed by atoms with Crippen LogP contribution in [0.2, 0.25) is 5.02 Å². The highest BCUT2D eigenvalue weighted by Crippen LogP contribution is 2.40. The molecule has 2 aromatic carbocycles. The van der Waals surface area contributed by atoms with E-state index in [1.165, 1.54) is 12.1 Å². The van der Waals surface area contributed by atoms with E-state index in [2.05, 4.69) is 15.9 Å². The second-order valence-corrected chi connectivity index (χ2v) is 5.95. The molecule has 8 heteroatoms. The number of rotatable bonds is 2. The Balaban J connectivity index is 1.89. The van der Waals surface area contributed by atoms with Crippen LogP contribution in [-0.2, 0) is 10.9 Å². The highest BCUT2D eigenvalue weighted by atomic mass is 79.9. The minimum atomic E-state index is -4.48. The van der Waals surface area contributed by atoms with Crippen LogP contribution in [0.5, 0.6) is 11.5 Å². The number of alkyl halides is 4. The largest absolute Gasteiger partial charge is 0.456 e. The van der Waals surface area contributed by atoms with Crippen molar-refractivity contribution in [1.29, 1.82) is 0 Å². The Morgan fingerprint density at radius 1 is 1.17 bits per heavy atom. The summed E-state index contributed by atoms with van der Waals surface area (Å²) >= 11 is 9.03. The molecule has 0 aliphatic carbocycles. The minimum absolute atomic E-state index is 0.0796. The average molecular weight is 408 g/mol. The van der Waals surface area contributed by atoms with Crippen molar-refractivity contribution >= 4 is 33.5 Å². The molecule has 0 bridgehead atoms. The van der Waals surface area contributed by atoms with Crippen molar-refractivity contribution in [3.8, 4) is 11.5 Å². The Kier molecular flexibility index (Phi) is 4.01. The topological polar surface area (TPSA) is 35.5 Å². The smallest absolute Gasteiger partial charge is 0.416 e. The predicted molar refractivity (Wildman–Crippen MR) is 80.1 cm³/mol. The van der Waals surface area contributed by atoms with Crippen LogP contribution in [0, 0.1) is 0 Å². The molecule has 0 amide bonds. The quantitative estimate of drug-likeness (QED) is 0.472. The second-order valence-electron chi connectivity index (χ2n) is 4.72. The van der Waals surface area contributed by atoms with Gasteiger partial charge in [0.2, 0.25) is 0 Å². The number of cyclic esters (lactones) is 1. The van der Waals surface area contributed by atoms with Crippen molar-refractivity contribution in [2.75, 3.05) is 0 Å². The summed E-state index contributed by atoms with van der Waals surface area (Å²) in [6.45, 7) is 0. The van der Waals surface area contributed by atoms with Gasteiger partial charge in [0, 0.05) is 5.56 Å². The van der Waals surface area contributed by atoms with E-state index in [1.807, 2.05) is 0 Å².